The molecule has 0 aliphatic rings. The summed E-state index contributed by atoms with van der Waals surface area (Å²) in [6.45, 7) is 7.72. The summed E-state index contributed by atoms with van der Waals surface area (Å²) in [4.78, 5) is 16.5. The summed E-state index contributed by atoms with van der Waals surface area (Å²) in [7, 11) is 0. The summed E-state index contributed by atoms with van der Waals surface area (Å²) in [5.41, 5.74) is 3.16. The minimum absolute atomic E-state index is 0. The Kier molecular flexibility index (Phi) is 10.9. The van der Waals surface area contributed by atoms with E-state index in [9.17, 15) is 4.79 Å². The molecule has 0 aliphatic carbocycles. The quantitative estimate of drug-likeness (QED) is 0.759. The second-order valence-corrected chi connectivity index (χ2v) is 6.31. The number of halogens is 2. The van der Waals surface area contributed by atoms with Crippen LogP contribution in [0.3, 0.4) is 0 Å². The highest BCUT2D eigenvalue weighted by atomic mass is 35.5. The SMILES string of the molecule is CCN[C@H](C)CNC(=O)Cc1csc(-c2ccc(C)cc2)n1.Cl.Cl. The number of aryl methyl sites for hydroxylation is 1. The molecule has 1 heterocycles. The Bertz CT molecular complexity index is 617. The van der Waals surface area contributed by atoms with Gasteiger partial charge in [0.1, 0.15) is 5.01 Å². The molecule has 2 aromatic rings. The van der Waals surface area contributed by atoms with Gasteiger partial charge in [-0.1, -0.05) is 36.8 Å². The zero-order valence-corrected chi connectivity index (χ0v) is 16.6. The number of likely N-dealkylation sites (N-methyl/N-ethyl adjacent to an activating group) is 1. The van der Waals surface area contributed by atoms with Crippen LogP contribution in [0.2, 0.25) is 0 Å². The molecule has 7 heteroatoms. The van der Waals surface area contributed by atoms with Crippen LogP contribution in [0.25, 0.3) is 10.6 Å². The highest BCUT2D eigenvalue weighted by Gasteiger charge is 2.10. The Labute approximate surface area is 160 Å². The molecular weight excluding hydrogens is 365 g/mol. The summed E-state index contributed by atoms with van der Waals surface area (Å²) in [6, 6.07) is 8.57. The van der Waals surface area contributed by atoms with E-state index in [1.165, 1.54) is 5.56 Å². The van der Waals surface area contributed by atoms with Crippen molar-refractivity contribution in [3.63, 3.8) is 0 Å². The smallest absolute Gasteiger partial charge is 0.226 e. The van der Waals surface area contributed by atoms with E-state index in [4.69, 9.17) is 0 Å². The standard InChI is InChI=1S/C17H23N3OS.2ClH/c1-4-18-13(3)10-19-16(21)9-15-11-22-17(20-15)14-7-5-12(2)6-8-14;;/h5-8,11,13,18H,4,9-10H2,1-3H3,(H,19,21);2*1H/t13-;;/m1../s1. The van der Waals surface area contributed by atoms with Crippen molar-refractivity contribution in [2.75, 3.05) is 13.1 Å². The van der Waals surface area contributed by atoms with Crippen molar-refractivity contribution in [2.24, 2.45) is 0 Å². The minimum atomic E-state index is 0. The largest absolute Gasteiger partial charge is 0.354 e. The van der Waals surface area contributed by atoms with E-state index in [1.54, 1.807) is 11.3 Å². The lowest BCUT2D eigenvalue weighted by Crippen LogP contribution is -2.39. The summed E-state index contributed by atoms with van der Waals surface area (Å²) < 4.78 is 0. The number of hydrogen-bond donors (Lipinski definition) is 2. The van der Waals surface area contributed by atoms with Gasteiger partial charge in [-0.2, -0.15) is 0 Å². The fraction of sp³-hybridized carbons (Fsp3) is 0.412. The fourth-order valence-corrected chi connectivity index (χ4v) is 2.96. The third-order valence-electron chi connectivity index (χ3n) is 3.35. The van der Waals surface area contributed by atoms with E-state index < -0.39 is 0 Å². The van der Waals surface area contributed by atoms with Gasteiger partial charge in [-0.15, -0.1) is 36.2 Å². The van der Waals surface area contributed by atoms with Crippen molar-refractivity contribution in [2.45, 2.75) is 33.2 Å². The van der Waals surface area contributed by atoms with Gasteiger partial charge in [0.05, 0.1) is 12.1 Å². The number of nitrogens with one attached hydrogen (secondary N) is 2. The molecule has 0 aliphatic heterocycles. The number of benzene rings is 1. The summed E-state index contributed by atoms with van der Waals surface area (Å²) in [6.07, 6.45) is 0.335. The van der Waals surface area contributed by atoms with Crippen LogP contribution in [-0.4, -0.2) is 30.0 Å². The third kappa shape index (κ3) is 7.18. The Balaban J connectivity index is 0.00000264. The number of rotatable bonds is 7. The molecule has 0 saturated heterocycles. The molecule has 1 aromatic heterocycles. The predicted octanol–water partition coefficient (Wildman–Crippen LogP) is 3.62. The van der Waals surface area contributed by atoms with Crippen molar-refractivity contribution in [1.29, 1.82) is 0 Å². The van der Waals surface area contributed by atoms with Gasteiger partial charge >= 0.3 is 0 Å². The molecule has 0 radical (unpaired) electrons. The van der Waals surface area contributed by atoms with E-state index in [0.29, 0.717) is 13.0 Å². The molecule has 0 fully saturated rings. The van der Waals surface area contributed by atoms with Gasteiger partial charge < -0.3 is 10.6 Å². The molecule has 1 amide bonds. The van der Waals surface area contributed by atoms with Gasteiger partial charge in [-0.25, -0.2) is 4.98 Å². The normalized spacial score (nSPS) is 11.1. The van der Waals surface area contributed by atoms with Crippen molar-refractivity contribution < 1.29 is 4.79 Å². The highest BCUT2D eigenvalue weighted by Crippen LogP contribution is 2.24. The topological polar surface area (TPSA) is 54.0 Å². The Morgan fingerprint density at radius 2 is 1.92 bits per heavy atom. The molecule has 2 N–H and O–H groups in total. The van der Waals surface area contributed by atoms with Crippen molar-refractivity contribution in [3.8, 4) is 10.6 Å². The molecular formula is C17H25Cl2N3OS. The van der Waals surface area contributed by atoms with Crippen molar-refractivity contribution in [1.82, 2.24) is 15.6 Å². The van der Waals surface area contributed by atoms with E-state index in [0.717, 1.165) is 22.8 Å². The van der Waals surface area contributed by atoms with Crippen LogP contribution in [0.15, 0.2) is 29.6 Å². The van der Waals surface area contributed by atoms with Gasteiger partial charge in [0.25, 0.3) is 0 Å². The summed E-state index contributed by atoms with van der Waals surface area (Å²) in [5.74, 6) is 0.0190. The first-order chi connectivity index (χ1) is 10.6. The number of carbonyl (C=O) groups is 1. The highest BCUT2D eigenvalue weighted by molar-refractivity contribution is 7.13. The van der Waals surface area contributed by atoms with Crippen LogP contribution >= 0.6 is 36.2 Å². The molecule has 0 saturated carbocycles. The lowest BCUT2D eigenvalue weighted by molar-refractivity contribution is -0.120. The maximum atomic E-state index is 11.9. The number of aromatic nitrogens is 1. The van der Waals surface area contributed by atoms with Gasteiger partial charge in [0, 0.05) is 23.5 Å². The van der Waals surface area contributed by atoms with Crippen LogP contribution < -0.4 is 10.6 Å². The molecule has 0 bridgehead atoms. The average Bonchev–Trinajstić information content (AvgIpc) is 2.95. The third-order valence-corrected chi connectivity index (χ3v) is 4.29. The molecule has 134 valence electrons. The first kappa shape index (κ1) is 22.9. The Hall–Kier alpha value is -1.14. The lowest BCUT2D eigenvalue weighted by Gasteiger charge is -2.12. The van der Waals surface area contributed by atoms with Gasteiger partial charge in [0.15, 0.2) is 0 Å². The van der Waals surface area contributed by atoms with E-state index >= 15 is 0 Å². The van der Waals surface area contributed by atoms with Crippen LogP contribution in [0.5, 0.6) is 0 Å². The number of hydrogen-bond acceptors (Lipinski definition) is 4. The second kappa shape index (κ2) is 11.4. The van der Waals surface area contributed by atoms with Crippen LogP contribution in [-0.2, 0) is 11.2 Å². The molecule has 24 heavy (non-hydrogen) atoms. The molecule has 2 rings (SSSR count). The fourth-order valence-electron chi connectivity index (χ4n) is 2.13. The maximum Gasteiger partial charge on any atom is 0.226 e. The Morgan fingerprint density at radius 3 is 2.54 bits per heavy atom. The number of carbonyl (C=O) groups excluding carboxylic acids is 1. The van der Waals surface area contributed by atoms with Gasteiger partial charge in [-0.05, 0) is 20.4 Å². The lowest BCUT2D eigenvalue weighted by atomic mass is 10.2. The van der Waals surface area contributed by atoms with Crippen LogP contribution in [0.4, 0.5) is 0 Å². The van der Waals surface area contributed by atoms with Gasteiger partial charge in [0.2, 0.25) is 5.91 Å². The van der Waals surface area contributed by atoms with E-state index in [2.05, 4.69) is 60.7 Å². The summed E-state index contributed by atoms with van der Waals surface area (Å²) >= 11 is 1.58. The monoisotopic (exact) mass is 389 g/mol. The van der Waals surface area contributed by atoms with Crippen LogP contribution in [0.1, 0.15) is 25.1 Å². The Morgan fingerprint density at radius 1 is 1.25 bits per heavy atom. The average molecular weight is 390 g/mol. The second-order valence-electron chi connectivity index (χ2n) is 5.45. The molecule has 0 unspecified atom stereocenters. The van der Waals surface area contributed by atoms with E-state index in [1.807, 2.05) is 5.38 Å². The van der Waals surface area contributed by atoms with Crippen molar-refractivity contribution >= 4 is 42.1 Å². The van der Waals surface area contributed by atoms with E-state index in [-0.39, 0.29) is 36.8 Å². The van der Waals surface area contributed by atoms with Crippen LogP contribution in [0, 0.1) is 6.92 Å². The zero-order chi connectivity index (χ0) is 15.9. The van der Waals surface area contributed by atoms with Gasteiger partial charge in [-0.3, -0.25) is 4.79 Å². The first-order valence-corrected chi connectivity index (χ1v) is 8.48. The molecule has 1 atom stereocenters. The number of thiazole rings is 1. The van der Waals surface area contributed by atoms with Crippen molar-refractivity contribution in [3.05, 3.63) is 40.9 Å². The molecule has 0 spiro atoms. The number of amides is 1. The molecule has 1 aromatic carbocycles. The molecule has 4 nitrogen and oxygen atoms in total. The zero-order valence-electron chi connectivity index (χ0n) is 14.2. The maximum absolute atomic E-state index is 11.9. The summed E-state index contributed by atoms with van der Waals surface area (Å²) in [5, 5.41) is 9.12. The minimum Gasteiger partial charge on any atom is -0.354 e. The first-order valence-electron chi connectivity index (χ1n) is 7.60. The number of nitrogens with zero attached hydrogens (tertiary/aromatic N) is 1. The predicted molar refractivity (Wildman–Crippen MR) is 107 cm³/mol.